The Balaban J connectivity index is 1.88. The topological polar surface area (TPSA) is 111 Å². The third-order valence-electron chi connectivity index (χ3n) is 3.86. The molecule has 0 saturated heterocycles. The smallest absolute Gasteiger partial charge is 0.308 e. The van der Waals surface area contributed by atoms with E-state index in [1.54, 1.807) is 6.07 Å². The maximum atomic E-state index is 12.2. The maximum absolute atomic E-state index is 12.2. The average molecular weight is 377 g/mol. The van der Waals surface area contributed by atoms with Crippen molar-refractivity contribution in [1.29, 1.82) is 0 Å². The lowest BCUT2D eigenvalue weighted by Crippen LogP contribution is -2.17. The third kappa shape index (κ3) is 4.18. The van der Waals surface area contributed by atoms with Crippen LogP contribution in [-0.2, 0) is 4.79 Å². The number of hydrogen-bond acceptors (Lipinski definition) is 6. The molecule has 0 radical (unpaired) electrons. The molecule has 0 aliphatic carbocycles. The molecule has 3 aromatic carbocycles. The fourth-order valence-corrected chi connectivity index (χ4v) is 2.63. The molecule has 140 valence electrons. The largest absolute Gasteiger partial charge is 0.426 e. The van der Waals surface area contributed by atoms with Gasteiger partial charge in [0.15, 0.2) is 0 Å². The summed E-state index contributed by atoms with van der Waals surface area (Å²) in [5.74, 6) is -0.778. The number of amides is 1. The van der Waals surface area contributed by atoms with Crippen molar-refractivity contribution in [3.8, 4) is 5.75 Å². The van der Waals surface area contributed by atoms with Crippen molar-refractivity contribution in [2.24, 2.45) is 5.10 Å². The van der Waals surface area contributed by atoms with Crippen LogP contribution in [0.15, 0.2) is 65.8 Å². The fourth-order valence-electron chi connectivity index (χ4n) is 2.63. The van der Waals surface area contributed by atoms with Crippen molar-refractivity contribution in [2.45, 2.75) is 6.92 Å². The van der Waals surface area contributed by atoms with Crippen molar-refractivity contribution in [3.63, 3.8) is 0 Å². The van der Waals surface area contributed by atoms with Crippen LogP contribution < -0.4 is 10.2 Å². The van der Waals surface area contributed by atoms with Gasteiger partial charge in [-0.25, -0.2) is 5.43 Å². The lowest BCUT2D eigenvalue weighted by molar-refractivity contribution is -0.384. The molecule has 0 fully saturated rings. The summed E-state index contributed by atoms with van der Waals surface area (Å²) in [6, 6.07) is 16.2. The van der Waals surface area contributed by atoms with Crippen molar-refractivity contribution in [3.05, 3.63) is 81.9 Å². The minimum Gasteiger partial charge on any atom is -0.426 e. The summed E-state index contributed by atoms with van der Waals surface area (Å²) in [5.41, 5.74) is 2.76. The number of nitro groups is 1. The van der Waals surface area contributed by atoms with Crippen LogP contribution in [0.4, 0.5) is 5.69 Å². The molecule has 28 heavy (non-hydrogen) atoms. The van der Waals surface area contributed by atoms with Crippen LogP contribution in [-0.4, -0.2) is 23.0 Å². The molecule has 0 spiro atoms. The number of fused-ring (bicyclic) bond motifs is 1. The molecule has 0 saturated carbocycles. The molecule has 0 aliphatic heterocycles. The molecule has 1 amide bonds. The van der Waals surface area contributed by atoms with Crippen LogP contribution in [0.25, 0.3) is 10.8 Å². The van der Waals surface area contributed by atoms with Gasteiger partial charge in [-0.2, -0.15) is 5.10 Å². The molecule has 3 aromatic rings. The summed E-state index contributed by atoms with van der Waals surface area (Å²) in [5, 5.41) is 16.4. The van der Waals surface area contributed by atoms with E-state index in [1.165, 1.54) is 31.3 Å². The van der Waals surface area contributed by atoms with Crippen LogP contribution >= 0.6 is 0 Å². The molecule has 8 nitrogen and oxygen atoms in total. The number of rotatable bonds is 5. The molecular formula is C20H15N3O5. The molecular weight excluding hydrogens is 362 g/mol. The summed E-state index contributed by atoms with van der Waals surface area (Å²) in [6.07, 6.45) is 1.37. The summed E-state index contributed by atoms with van der Waals surface area (Å²) in [4.78, 5) is 33.8. The second kappa shape index (κ2) is 8.09. The van der Waals surface area contributed by atoms with Gasteiger partial charge in [0.2, 0.25) is 0 Å². The number of carbonyl (C=O) groups is 2. The average Bonchev–Trinajstić information content (AvgIpc) is 2.69. The van der Waals surface area contributed by atoms with Gasteiger partial charge in [0.05, 0.1) is 11.1 Å². The zero-order valence-corrected chi connectivity index (χ0v) is 14.8. The van der Waals surface area contributed by atoms with E-state index in [9.17, 15) is 19.7 Å². The van der Waals surface area contributed by atoms with Gasteiger partial charge in [0.1, 0.15) is 5.75 Å². The number of benzene rings is 3. The van der Waals surface area contributed by atoms with E-state index in [4.69, 9.17) is 4.74 Å². The number of esters is 1. The van der Waals surface area contributed by atoms with Crippen LogP contribution in [0, 0.1) is 10.1 Å². The monoisotopic (exact) mass is 377 g/mol. The standard InChI is InChI=1S/C20H15N3O5/c1-13(24)28-19-10-9-14-5-2-3-8-17(14)18(19)12-21-22-20(25)15-6-4-7-16(11-15)23(26)27/h2-12H,1H3,(H,22,25). The second-order valence-corrected chi connectivity index (χ2v) is 5.80. The number of nitro benzene ring substituents is 1. The minimum absolute atomic E-state index is 0.101. The number of carbonyl (C=O) groups excluding carboxylic acids is 2. The first-order valence-electron chi connectivity index (χ1n) is 8.24. The Labute approximate surface area is 159 Å². The summed E-state index contributed by atoms with van der Waals surface area (Å²) in [6.45, 7) is 1.29. The van der Waals surface area contributed by atoms with Gasteiger partial charge in [-0.3, -0.25) is 19.7 Å². The molecule has 0 unspecified atom stereocenters. The SMILES string of the molecule is CC(=O)Oc1ccc2ccccc2c1C=NNC(=O)c1cccc([N+](=O)[O-])c1. The minimum atomic E-state index is -0.603. The molecule has 0 bridgehead atoms. The lowest BCUT2D eigenvalue weighted by atomic mass is 10.0. The number of nitrogens with zero attached hydrogens (tertiary/aromatic N) is 2. The molecule has 0 atom stereocenters. The summed E-state index contributed by atoms with van der Waals surface area (Å²) in [7, 11) is 0. The third-order valence-corrected chi connectivity index (χ3v) is 3.86. The van der Waals surface area contributed by atoms with Crippen molar-refractivity contribution < 1.29 is 19.2 Å². The van der Waals surface area contributed by atoms with Crippen LogP contribution in [0.5, 0.6) is 5.75 Å². The van der Waals surface area contributed by atoms with Crippen molar-refractivity contribution in [2.75, 3.05) is 0 Å². The summed E-state index contributed by atoms with van der Waals surface area (Å²) >= 11 is 0. The predicted molar refractivity (Wildman–Crippen MR) is 103 cm³/mol. The van der Waals surface area contributed by atoms with Gasteiger partial charge in [-0.05, 0) is 22.9 Å². The molecule has 1 N–H and O–H groups in total. The Morgan fingerprint density at radius 2 is 1.89 bits per heavy atom. The van der Waals surface area contributed by atoms with Crippen LogP contribution in [0.3, 0.4) is 0 Å². The predicted octanol–water partition coefficient (Wildman–Crippen LogP) is 3.44. The number of hydrazone groups is 1. The fraction of sp³-hybridized carbons (Fsp3) is 0.0500. The Kier molecular flexibility index (Phi) is 5.40. The first-order valence-corrected chi connectivity index (χ1v) is 8.24. The number of ether oxygens (including phenoxy) is 1. The van der Waals surface area contributed by atoms with E-state index in [2.05, 4.69) is 10.5 Å². The van der Waals surface area contributed by atoms with E-state index < -0.39 is 16.8 Å². The van der Waals surface area contributed by atoms with E-state index in [0.717, 1.165) is 16.8 Å². The quantitative estimate of drug-likeness (QED) is 0.241. The number of hydrogen-bond donors (Lipinski definition) is 1. The molecule has 0 aromatic heterocycles. The maximum Gasteiger partial charge on any atom is 0.308 e. The zero-order valence-electron chi connectivity index (χ0n) is 14.8. The Bertz CT molecular complexity index is 1110. The highest BCUT2D eigenvalue weighted by atomic mass is 16.6. The van der Waals surface area contributed by atoms with E-state index in [-0.39, 0.29) is 11.3 Å². The molecule has 8 heteroatoms. The van der Waals surface area contributed by atoms with Gasteiger partial charge in [0.25, 0.3) is 11.6 Å². The Morgan fingerprint density at radius 1 is 1.11 bits per heavy atom. The Hall–Kier alpha value is -4.07. The van der Waals surface area contributed by atoms with Crippen LogP contribution in [0.2, 0.25) is 0 Å². The van der Waals surface area contributed by atoms with Gasteiger partial charge < -0.3 is 4.74 Å². The zero-order chi connectivity index (χ0) is 20.1. The normalized spacial score (nSPS) is 10.8. The van der Waals surface area contributed by atoms with E-state index in [1.807, 2.05) is 30.3 Å². The number of nitrogens with one attached hydrogen (secondary N) is 1. The highest BCUT2D eigenvalue weighted by molar-refractivity contribution is 6.03. The highest BCUT2D eigenvalue weighted by Gasteiger charge is 2.12. The van der Waals surface area contributed by atoms with Crippen molar-refractivity contribution in [1.82, 2.24) is 5.43 Å². The van der Waals surface area contributed by atoms with E-state index >= 15 is 0 Å². The molecule has 0 heterocycles. The van der Waals surface area contributed by atoms with Gasteiger partial charge >= 0.3 is 5.97 Å². The van der Waals surface area contributed by atoms with Crippen molar-refractivity contribution >= 4 is 34.6 Å². The van der Waals surface area contributed by atoms with E-state index in [0.29, 0.717) is 11.3 Å². The lowest BCUT2D eigenvalue weighted by Gasteiger charge is -2.09. The van der Waals surface area contributed by atoms with Gasteiger partial charge in [-0.1, -0.05) is 36.4 Å². The summed E-state index contributed by atoms with van der Waals surface area (Å²) < 4.78 is 5.22. The van der Waals surface area contributed by atoms with Gasteiger partial charge in [0, 0.05) is 30.2 Å². The first kappa shape index (κ1) is 18.7. The Morgan fingerprint density at radius 3 is 2.64 bits per heavy atom. The molecule has 0 aliphatic rings. The van der Waals surface area contributed by atoms with Crippen LogP contribution in [0.1, 0.15) is 22.8 Å². The first-order chi connectivity index (χ1) is 13.5. The number of non-ortho nitro benzene ring substituents is 1. The molecule has 3 rings (SSSR count). The second-order valence-electron chi connectivity index (χ2n) is 5.80. The van der Waals surface area contributed by atoms with Gasteiger partial charge in [-0.15, -0.1) is 0 Å². The highest BCUT2D eigenvalue weighted by Crippen LogP contribution is 2.26.